The van der Waals surface area contributed by atoms with Crippen LogP contribution in [0.1, 0.15) is 11.1 Å². The van der Waals surface area contributed by atoms with Crippen molar-refractivity contribution >= 4 is 15.9 Å². The van der Waals surface area contributed by atoms with Crippen molar-refractivity contribution < 1.29 is 17.5 Å². The summed E-state index contributed by atoms with van der Waals surface area (Å²) < 4.78 is 44.9. The molecule has 28 heavy (non-hydrogen) atoms. The summed E-state index contributed by atoms with van der Waals surface area (Å²) in [6.45, 7) is -0.0230. The Bertz CT molecular complexity index is 1150. The lowest BCUT2D eigenvalue weighted by Gasteiger charge is -2.10. The van der Waals surface area contributed by atoms with Gasteiger partial charge in [-0.15, -0.1) is 0 Å². The van der Waals surface area contributed by atoms with Gasteiger partial charge in [0, 0.05) is 11.1 Å². The SMILES string of the molecule is N#C/C(=C/c1ccccc1OCc1ccccc1F)S(=O)(=O)c1ccccc1. The lowest BCUT2D eigenvalue weighted by atomic mass is 10.2. The van der Waals surface area contributed by atoms with Gasteiger partial charge in [0.2, 0.25) is 9.84 Å². The van der Waals surface area contributed by atoms with Crippen LogP contribution < -0.4 is 4.74 Å². The summed E-state index contributed by atoms with van der Waals surface area (Å²) in [6.07, 6.45) is 1.26. The predicted octanol–water partition coefficient (Wildman–Crippen LogP) is 4.74. The fourth-order valence-corrected chi connectivity index (χ4v) is 3.71. The van der Waals surface area contributed by atoms with Crippen LogP contribution in [0, 0.1) is 17.1 Å². The zero-order valence-electron chi connectivity index (χ0n) is 14.7. The Morgan fingerprint density at radius 2 is 1.61 bits per heavy atom. The van der Waals surface area contributed by atoms with Crippen molar-refractivity contribution in [3.05, 3.63) is 101 Å². The molecule has 0 aliphatic carbocycles. The zero-order valence-corrected chi connectivity index (χ0v) is 15.6. The molecule has 4 nitrogen and oxygen atoms in total. The van der Waals surface area contributed by atoms with Crippen LogP contribution in [0.4, 0.5) is 4.39 Å². The highest BCUT2D eigenvalue weighted by atomic mass is 32.2. The minimum atomic E-state index is -3.96. The van der Waals surface area contributed by atoms with Crippen LogP contribution in [-0.2, 0) is 16.4 Å². The molecule has 0 N–H and O–H groups in total. The van der Waals surface area contributed by atoms with Crippen LogP contribution >= 0.6 is 0 Å². The van der Waals surface area contributed by atoms with Crippen LogP contribution in [-0.4, -0.2) is 8.42 Å². The molecule has 0 spiro atoms. The standard InChI is InChI=1S/C22H16FNO3S/c23-21-12-6-4-9-18(21)16-27-22-13-7-5-8-17(22)14-20(15-24)28(25,26)19-10-2-1-3-11-19/h1-14H,16H2/b20-14-. The number of sulfone groups is 1. The number of para-hydroxylation sites is 1. The number of hydrogen-bond donors (Lipinski definition) is 0. The molecule has 0 amide bonds. The van der Waals surface area contributed by atoms with Crippen molar-refractivity contribution in [3.8, 4) is 11.8 Å². The lowest BCUT2D eigenvalue weighted by Crippen LogP contribution is -2.04. The van der Waals surface area contributed by atoms with Gasteiger partial charge in [-0.2, -0.15) is 5.26 Å². The fourth-order valence-electron chi connectivity index (χ4n) is 2.54. The number of rotatable bonds is 6. The monoisotopic (exact) mass is 393 g/mol. The largest absolute Gasteiger partial charge is 0.488 e. The van der Waals surface area contributed by atoms with E-state index in [0.717, 1.165) is 0 Å². The van der Waals surface area contributed by atoms with Crippen molar-refractivity contribution in [2.45, 2.75) is 11.5 Å². The van der Waals surface area contributed by atoms with Crippen molar-refractivity contribution in [1.82, 2.24) is 0 Å². The molecule has 0 aliphatic rings. The summed E-state index contributed by atoms with van der Waals surface area (Å²) in [5.41, 5.74) is 0.786. The maximum absolute atomic E-state index is 13.8. The first-order valence-electron chi connectivity index (χ1n) is 8.39. The smallest absolute Gasteiger partial charge is 0.216 e. The van der Waals surface area contributed by atoms with Crippen LogP contribution in [0.25, 0.3) is 6.08 Å². The molecule has 6 heteroatoms. The lowest BCUT2D eigenvalue weighted by molar-refractivity contribution is 0.299. The molecule has 0 heterocycles. The zero-order chi connectivity index (χ0) is 20.0. The van der Waals surface area contributed by atoms with Crippen molar-refractivity contribution in [1.29, 1.82) is 5.26 Å². The van der Waals surface area contributed by atoms with Crippen LogP contribution in [0.2, 0.25) is 0 Å². The molecule has 0 saturated heterocycles. The van der Waals surface area contributed by atoms with Crippen molar-refractivity contribution in [3.63, 3.8) is 0 Å². The summed E-state index contributed by atoms with van der Waals surface area (Å²) in [4.78, 5) is -0.367. The molecule has 140 valence electrons. The fraction of sp³-hybridized carbons (Fsp3) is 0.0455. The number of ether oxygens (including phenoxy) is 1. The topological polar surface area (TPSA) is 67.2 Å². The van der Waals surface area contributed by atoms with E-state index in [0.29, 0.717) is 16.9 Å². The first-order chi connectivity index (χ1) is 13.5. The van der Waals surface area contributed by atoms with E-state index in [4.69, 9.17) is 4.74 Å². The summed E-state index contributed by atoms with van der Waals surface area (Å²) in [5, 5.41) is 9.43. The highest BCUT2D eigenvalue weighted by Gasteiger charge is 2.21. The molecule has 0 radical (unpaired) electrons. The molecule has 0 aliphatic heterocycles. The average Bonchev–Trinajstić information content (AvgIpc) is 2.72. The highest BCUT2D eigenvalue weighted by Crippen LogP contribution is 2.26. The van der Waals surface area contributed by atoms with E-state index >= 15 is 0 Å². The third-order valence-electron chi connectivity index (χ3n) is 4.00. The number of nitriles is 1. The van der Waals surface area contributed by atoms with E-state index in [2.05, 4.69) is 0 Å². The number of halogens is 1. The minimum Gasteiger partial charge on any atom is -0.488 e. The van der Waals surface area contributed by atoms with Crippen LogP contribution in [0.3, 0.4) is 0 Å². The van der Waals surface area contributed by atoms with Gasteiger partial charge in [0.15, 0.2) is 0 Å². The Hall–Kier alpha value is -3.43. The predicted molar refractivity (Wildman–Crippen MR) is 104 cm³/mol. The Kier molecular flexibility index (Phi) is 5.87. The third kappa shape index (κ3) is 4.27. The second kappa shape index (κ2) is 8.51. The van der Waals surface area contributed by atoms with Crippen LogP contribution in [0.5, 0.6) is 5.75 Å². The van der Waals surface area contributed by atoms with E-state index in [1.165, 1.54) is 24.3 Å². The van der Waals surface area contributed by atoms with E-state index in [1.54, 1.807) is 66.7 Å². The van der Waals surface area contributed by atoms with Crippen LogP contribution in [0.15, 0.2) is 88.7 Å². The molecule has 3 aromatic carbocycles. The van der Waals surface area contributed by atoms with E-state index in [9.17, 15) is 18.1 Å². The minimum absolute atomic E-state index is 0.0230. The normalized spacial score (nSPS) is 11.6. The second-order valence-corrected chi connectivity index (χ2v) is 7.77. The Morgan fingerprint density at radius 3 is 2.32 bits per heavy atom. The van der Waals surface area contributed by atoms with Gasteiger partial charge in [0.25, 0.3) is 0 Å². The number of hydrogen-bond acceptors (Lipinski definition) is 4. The molecular weight excluding hydrogens is 377 g/mol. The average molecular weight is 393 g/mol. The van der Waals surface area contributed by atoms with E-state index < -0.39 is 14.7 Å². The molecule has 0 bridgehead atoms. The maximum atomic E-state index is 13.8. The number of nitrogens with zero attached hydrogens (tertiary/aromatic N) is 1. The van der Waals surface area contributed by atoms with Gasteiger partial charge in [-0.3, -0.25) is 0 Å². The summed E-state index contributed by atoms with van der Waals surface area (Å²) >= 11 is 0. The van der Waals surface area contributed by atoms with Gasteiger partial charge in [0.1, 0.15) is 29.1 Å². The molecule has 0 fully saturated rings. The first kappa shape index (κ1) is 19.3. The first-order valence-corrected chi connectivity index (χ1v) is 9.88. The second-order valence-electron chi connectivity index (χ2n) is 5.85. The van der Waals surface area contributed by atoms with Gasteiger partial charge < -0.3 is 4.74 Å². The van der Waals surface area contributed by atoms with Gasteiger partial charge in [0.05, 0.1) is 4.90 Å². The number of benzene rings is 3. The number of allylic oxidation sites excluding steroid dienone is 1. The Labute approximate surface area is 163 Å². The molecule has 3 aromatic rings. The highest BCUT2D eigenvalue weighted by molar-refractivity contribution is 7.95. The molecule has 0 saturated carbocycles. The van der Waals surface area contributed by atoms with Gasteiger partial charge in [-0.1, -0.05) is 54.6 Å². The summed E-state index contributed by atoms with van der Waals surface area (Å²) in [6, 6.07) is 22.4. The molecule has 0 aromatic heterocycles. The molecular formula is C22H16FNO3S. The van der Waals surface area contributed by atoms with Gasteiger partial charge in [-0.25, -0.2) is 12.8 Å². The maximum Gasteiger partial charge on any atom is 0.216 e. The third-order valence-corrected chi connectivity index (χ3v) is 5.68. The Morgan fingerprint density at radius 1 is 0.964 bits per heavy atom. The summed E-state index contributed by atoms with van der Waals surface area (Å²) in [5.74, 6) is -0.0401. The van der Waals surface area contributed by atoms with E-state index in [-0.39, 0.29) is 17.3 Å². The van der Waals surface area contributed by atoms with Gasteiger partial charge in [-0.05, 0) is 30.3 Å². The van der Waals surface area contributed by atoms with Crippen molar-refractivity contribution in [2.75, 3.05) is 0 Å². The molecule has 0 unspecified atom stereocenters. The van der Waals surface area contributed by atoms with Crippen molar-refractivity contribution in [2.24, 2.45) is 0 Å². The quantitative estimate of drug-likeness (QED) is 0.567. The van der Waals surface area contributed by atoms with E-state index in [1.807, 2.05) is 0 Å². The Balaban J connectivity index is 1.93. The summed E-state index contributed by atoms with van der Waals surface area (Å²) in [7, 11) is -3.96. The van der Waals surface area contributed by atoms with Gasteiger partial charge >= 0.3 is 0 Å². The molecule has 3 rings (SSSR count). The molecule has 0 atom stereocenters.